The van der Waals surface area contributed by atoms with Crippen LogP contribution in [0.4, 0.5) is 10.1 Å². The molecule has 0 aliphatic rings. The van der Waals surface area contributed by atoms with Gasteiger partial charge in [-0.1, -0.05) is 22.0 Å². The van der Waals surface area contributed by atoms with E-state index in [2.05, 4.69) is 40.4 Å². The minimum absolute atomic E-state index is 0.0230. The second-order valence-electron chi connectivity index (χ2n) is 5.68. The summed E-state index contributed by atoms with van der Waals surface area (Å²) < 4.78 is 20.2. The molecule has 0 unspecified atom stereocenters. The van der Waals surface area contributed by atoms with Gasteiger partial charge in [0.05, 0.1) is 11.7 Å². The first kappa shape index (κ1) is 18.7. The average Bonchev–Trinajstić information content (AvgIpc) is 2.51. The Morgan fingerprint density at radius 3 is 2.62 bits per heavy atom. The fourth-order valence-electron chi connectivity index (χ4n) is 2.04. The van der Waals surface area contributed by atoms with Gasteiger partial charge in [-0.15, -0.1) is 0 Å². The lowest BCUT2D eigenvalue weighted by atomic mass is 10.1. The summed E-state index contributed by atoms with van der Waals surface area (Å²) >= 11 is 8.44. The van der Waals surface area contributed by atoms with Crippen LogP contribution in [0.3, 0.4) is 0 Å². The normalized spacial score (nSPS) is 11.7. The number of thiocarbonyl (C=S) groups is 1. The lowest BCUT2D eigenvalue weighted by Gasteiger charge is -2.18. The molecule has 0 heterocycles. The lowest BCUT2D eigenvalue weighted by Crippen LogP contribution is -2.39. The molecule has 0 bridgehead atoms. The summed E-state index contributed by atoms with van der Waals surface area (Å²) in [5.41, 5.74) is 2.75. The lowest BCUT2D eigenvalue weighted by molar-refractivity contribution is 0.287. The molecule has 0 radical (unpaired) electrons. The Morgan fingerprint density at radius 2 is 1.96 bits per heavy atom. The molecule has 0 spiro atoms. The van der Waals surface area contributed by atoms with Crippen molar-refractivity contribution in [3.8, 4) is 5.75 Å². The van der Waals surface area contributed by atoms with Gasteiger partial charge in [-0.3, -0.25) is 0 Å². The summed E-state index contributed by atoms with van der Waals surface area (Å²) in [6, 6.07) is 10.7. The molecule has 0 aliphatic heterocycles. The van der Waals surface area contributed by atoms with Crippen LogP contribution in [-0.2, 0) is 0 Å². The second kappa shape index (κ2) is 8.44. The van der Waals surface area contributed by atoms with E-state index in [1.54, 1.807) is 12.1 Å². The van der Waals surface area contributed by atoms with Gasteiger partial charge >= 0.3 is 0 Å². The maximum atomic E-state index is 13.8. The zero-order valence-corrected chi connectivity index (χ0v) is 16.2. The zero-order chi connectivity index (χ0) is 17.7. The van der Waals surface area contributed by atoms with Crippen molar-refractivity contribution in [1.82, 2.24) is 5.32 Å². The number of anilines is 1. The summed E-state index contributed by atoms with van der Waals surface area (Å²) in [6.45, 7) is 6.52. The minimum Gasteiger partial charge on any atom is -0.491 e. The van der Waals surface area contributed by atoms with Crippen LogP contribution in [-0.4, -0.2) is 17.8 Å². The van der Waals surface area contributed by atoms with Crippen LogP contribution >= 0.6 is 28.1 Å². The van der Waals surface area contributed by atoms with Crippen molar-refractivity contribution in [2.75, 3.05) is 11.9 Å². The third kappa shape index (κ3) is 5.46. The van der Waals surface area contributed by atoms with Crippen LogP contribution in [0.1, 0.15) is 18.1 Å². The standard InChI is InChI=1S/C18H20BrFN2OS/c1-11-4-6-15(8-12(11)2)23-10-13(3)21-18(24)22-17-7-5-14(19)9-16(17)20/h4-9,13H,10H2,1-3H3,(H2,21,22,24)/t13-/m0/s1. The Kier molecular flexibility index (Phi) is 6.57. The molecule has 2 aromatic carbocycles. The Bertz CT molecular complexity index is 739. The van der Waals surface area contributed by atoms with Gasteiger partial charge in [0.1, 0.15) is 18.2 Å². The molecule has 1 atom stereocenters. The molecular weight excluding hydrogens is 391 g/mol. The second-order valence-corrected chi connectivity index (χ2v) is 7.00. The van der Waals surface area contributed by atoms with Crippen molar-refractivity contribution >= 4 is 38.9 Å². The smallest absolute Gasteiger partial charge is 0.171 e. The molecular formula is C18H20BrFN2OS. The van der Waals surface area contributed by atoms with Crippen molar-refractivity contribution in [3.05, 3.63) is 57.8 Å². The van der Waals surface area contributed by atoms with Crippen molar-refractivity contribution < 1.29 is 9.13 Å². The first-order valence-corrected chi connectivity index (χ1v) is 8.78. The number of ether oxygens (including phenoxy) is 1. The molecule has 0 fully saturated rings. The van der Waals surface area contributed by atoms with Crippen LogP contribution < -0.4 is 15.4 Å². The summed E-state index contributed by atoms with van der Waals surface area (Å²) in [7, 11) is 0. The monoisotopic (exact) mass is 410 g/mol. The van der Waals surface area contributed by atoms with E-state index in [1.807, 2.05) is 25.1 Å². The van der Waals surface area contributed by atoms with Crippen LogP contribution in [0.5, 0.6) is 5.75 Å². The van der Waals surface area contributed by atoms with Gasteiger partial charge in [-0.25, -0.2) is 4.39 Å². The van der Waals surface area contributed by atoms with Gasteiger partial charge in [-0.05, 0) is 74.4 Å². The average molecular weight is 411 g/mol. The highest BCUT2D eigenvalue weighted by molar-refractivity contribution is 9.10. The van der Waals surface area contributed by atoms with Crippen LogP contribution in [0.25, 0.3) is 0 Å². The van der Waals surface area contributed by atoms with E-state index in [-0.39, 0.29) is 11.9 Å². The van der Waals surface area contributed by atoms with Gasteiger partial charge in [0.2, 0.25) is 0 Å². The largest absolute Gasteiger partial charge is 0.491 e. The summed E-state index contributed by atoms with van der Waals surface area (Å²) in [6.07, 6.45) is 0. The van der Waals surface area contributed by atoms with E-state index in [0.29, 0.717) is 21.9 Å². The molecule has 0 saturated carbocycles. The fourth-order valence-corrected chi connectivity index (χ4v) is 2.68. The van der Waals surface area contributed by atoms with Gasteiger partial charge in [-0.2, -0.15) is 0 Å². The van der Waals surface area contributed by atoms with Gasteiger partial charge in [0.25, 0.3) is 0 Å². The molecule has 24 heavy (non-hydrogen) atoms. The first-order chi connectivity index (χ1) is 11.3. The third-order valence-corrected chi connectivity index (χ3v) is 4.25. The number of hydrogen-bond donors (Lipinski definition) is 2. The number of halogens is 2. The predicted octanol–water partition coefficient (Wildman–Crippen LogP) is 4.96. The number of rotatable bonds is 5. The highest BCUT2D eigenvalue weighted by Gasteiger charge is 2.08. The highest BCUT2D eigenvalue weighted by atomic mass is 79.9. The number of benzene rings is 2. The Hall–Kier alpha value is -1.66. The van der Waals surface area contributed by atoms with Crippen molar-refractivity contribution in [2.45, 2.75) is 26.8 Å². The SMILES string of the molecule is Cc1ccc(OC[C@H](C)NC(=S)Nc2ccc(Br)cc2F)cc1C. The molecule has 0 amide bonds. The van der Waals surface area contributed by atoms with E-state index in [4.69, 9.17) is 17.0 Å². The van der Waals surface area contributed by atoms with Crippen molar-refractivity contribution in [1.29, 1.82) is 0 Å². The molecule has 0 aliphatic carbocycles. The summed E-state index contributed by atoms with van der Waals surface area (Å²) in [5.74, 6) is 0.456. The molecule has 2 rings (SSSR count). The number of nitrogens with one attached hydrogen (secondary N) is 2. The zero-order valence-electron chi connectivity index (χ0n) is 13.8. The van der Waals surface area contributed by atoms with Gasteiger partial charge in [0.15, 0.2) is 5.11 Å². The quantitative estimate of drug-likeness (QED) is 0.682. The summed E-state index contributed by atoms with van der Waals surface area (Å²) in [5, 5.41) is 6.29. The predicted molar refractivity (Wildman–Crippen MR) is 104 cm³/mol. The highest BCUT2D eigenvalue weighted by Crippen LogP contribution is 2.19. The molecule has 0 aromatic heterocycles. The third-order valence-electron chi connectivity index (χ3n) is 3.54. The summed E-state index contributed by atoms with van der Waals surface area (Å²) in [4.78, 5) is 0. The van der Waals surface area contributed by atoms with E-state index < -0.39 is 0 Å². The molecule has 0 saturated heterocycles. The number of aryl methyl sites for hydroxylation is 2. The van der Waals surface area contributed by atoms with Crippen LogP contribution in [0.15, 0.2) is 40.9 Å². The van der Waals surface area contributed by atoms with E-state index >= 15 is 0 Å². The Balaban J connectivity index is 1.83. The van der Waals surface area contributed by atoms with E-state index in [9.17, 15) is 4.39 Å². The van der Waals surface area contributed by atoms with E-state index in [1.165, 1.54) is 17.2 Å². The maximum Gasteiger partial charge on any atom is 0.171 e. The molecule has 6 heteroatoms. The van der Waals surface area contributed by atoms with Gasteiger partial charge in [0, 0.05) is 4.47 Å². The molecule has 128 valence electrons. The maximum absolute atomic E-state index is 13.8. The topological polar surface area (TPSA) is 33.3 Å². The van der Waals surface area contributed by atoms with Crippen molar-refractivity contribution in [2.24, 2.45) is 0 Å². The molecule has 3 nitrogen and oxygen atoms in total. The Labute approximate surface area is 155 Å². The van der Waals surface area contributed by atoms with Crippen LogP contribution in [0.2, 0.25) is 0 Å². The fraction of sp³-hybridized carbons (Fsp3) is 0.278. The Morgan fingerprint density at radius 1 is 1.21 bits per heavy atom. The van der Waals surface area contributed by atoms with Gasteiger partial charge < -0.3 is 15.4 Å². The van der Waals surface area contributed by atoms with E-state index in [0.717, 1.165) is 5.75 Å². The minimum atomic E-state index is -0.368. The first-order valence-electron chi connectivity index (χ1n) is 7.58. The van der Waals surface area contributed by atoms with Crippen molar-refractivity contribution in [3.63, 3.8) is 0 Å². The number of hydrogen-bond acceptors (Lipinski definition) is 2. The van der Waals surface area contributed by atoms with Crippen LogP contribution in [0, 0.1) is 19.7 Å². The molecule has 2 aromatic rings. The molecule has 2 N–H and O–H groups in total.